The van der Waals surface area contributed by atoms with Crippen LogP contribution in [0.5, 0.6) is 0 Å². The summed E-state index contributed by atoms with van der Waals surface area (Å²) in [6, 6.07) is 9.53. The molecule has 6 nitrogen and oxygen atoms in total. The van der Waals surface area contributed by atoms with Crippen LogP contribution in [-0.2, 0) is 13.5 Å². The number of rotatable bonds is 4. The van der Waals surface area contributed by atoms with E-state index in [1.54, 1.807) is 36.4 Å². The number of oxazole rings is 1. The zero-order chi connectivity index (χ0) is 16.5. The molecule has 4 aromatic rings. The van der Waals surface area contributed by atoms with Crippen molar-refractivity contribution < 1.29 is 9.21 Å². The molecule has 0 aliphatic carbocycles. The van der Waals surface area contributed by atoms with Crippen LogP contribution in [0.1, 0.15) is 16.1 Å². The fourth-order valence-corrected chi connectivity index (χ4v) is 2.68. The van der Waals surface area contributed by atoms with E-state index in [1.807, 2.05) is 24.3 Å². The van der Waals surface area contributed by atoms with Crippen LogP contribution in [0.2, 0.25) is 0 Å². The number of benzene rings is 1. The van der Waals surface area contributed by atoms with Crippen molar-refractivity contribution in [1.29, 1.82) is 0 Å². The van der Waals surface area contributed by atoms with Crippen LogP contribution in [0.3, 0.4) is 0 Å². The number of nitrogens with zero attached hydrogens (tertiary/aromatic N) is 4. The second kappa shape index (κ2) is 5.73. The SMILES string of the molecule is Cn1nccc1C(=O)Cc1ccc2cc(-c3ncco3)cnc2c1. The largest absolute Gasteiger partial charge is 0.444 e. The number of carbonyl (C=O) groups excluding carboxylic acids is 1. The van der Waals surface area contributed by atoms with E-state index in [9.17, 15) is 4.79 Å². The Labute approximate surface area is 137 Å². The molecule has 0 aliphatic rings. The summed E-state index contributed by atoms with van der Waals surface area (Å²) in [5, 5.41) is 5.01. The van der Waals surface area contributed by atoms with E-state index in [4.69, 9.17) is 4.42 Å². The van der Waals surface area contributed by atoms with Gasteiger partial charge in [-0.05, 0) is 23.8 Å². The molecule has 3 heterocycles. The summed E-state index contributed by atoms with van der Waals surface area (Å²) in [7, 11) is 1.76. The topological polar surface area (TPSA) is 73.8 Å². The number of aryl methyl sites for hydroxylation is 1. The van der Waals surface area contributed by atoms with E-state index in [1.165, 1.54) is 6.26 Å². The molecule has 0 aliphatic heterocycles. The van der Waals surface area contributed by atoms with Gasteiger partial charge >= 0.3 is 0 Å². The molecule has 0 fully saturated rings. The van der Waals surface area contributed by atoms with Crippen LogP contribution in [0.25, 0.3) is 22.4 Å². The number of hydrogen-bond donors (Lipinski definition) is 0. The van der Waals surface area contributed by atoms with Crippen LogP contribution in [0, 0.1) is 0 Å². The number of carbonyl (C=O) groups is 1. The highest BCUT2D eigenvalue weighted by Crippen LogP contribution is 2.22. The average molecular weight is 318 g/mol. The molecule has 0 atom stereocenters. The van der Waals surface area contributed by atoms with E-state index in [2.05, 4.69) is 15.1 Å². The first-order chi connectivity index (χ1) is 11.7. The van der Waals surface area contributed by atoms with Crippen LogP contribution in [0.4, 0.5) is 0 Å². The Morgan fingerprint density at radius 1 is 1.17 bits per heavy atom. The minimum Gasteiger partial charge on any atom is -0.444 e. The molecule has 118 valence electrons. The Bertz CT molecular complexity index is 1020. The summed E-state index contributed by atoms with van der Waals surface area (Å²) in [5.74, 6) is 0.575. The summed E-state index contributed by atoms with van der Waals surface area (Å²) in [4.78, 5) is 20.9. The Hall–Kier alpha value is -3.28. The number of pyridine rings is 1. The summed E-state index contributed by atoms with van der Waals surface area (Å²) in [6.07, 6.45) is 6.80. The van der Waals surface area contributed by atoms with E-state index >= 15 is 0 Å². The van der Waals surface area contributed by atoms with Gasteiger partial charge in [-0.3, -0.25) is 14.5 Å². The summed E-state index contributed by atoms with van der Waals surface area (Å²) >= 11 is 0. The molecular weight excluding hydrogens is 304 g/mol. The number of fused-ring (bicyclic) bond motifs is 1. The third-order valence-corrected chi connectivity index (χ3v) is 3.90. The van der Waals surface area contributed by atoms with E-state index in [-0.39, 0.29) is 5.78 Å². The highest BCUT2D eigenvalue weighted by Gasteiger charge is 2.12. The zero-order valence-electron chi connectivity index (χ0n) is 13.0. The van der Waals surface area contributed by atoms with Crippen molar-refractivity contribution in [1.82, 2.24) is 19.7 Å². The Kier molecular flexibility index (Phi) is 3.42. The maximum absolute atomic E-state index is 12.3. The van der Waals surface area contributed by atoms with Crippen LogP contribution in [-0.4, -0.2) is 25.5 Å². The Balaban J connectivity index is 1.63. The predicted octanol–water partition coefficient (Wildman–Crippen LogP) is 3.05. The monoisotopic (exact) mass is 318 g/mol. The van der Waals surface area contributed by atoms with Crippen molar-refractivity contribution in [3.8, 4) is 11.5 Å². The lowest BCUT2D eigenvalue weighted by atomic mass is 10.0. The Morgan fingerprint density at radius 3 is 2.83 bits per heavy atom. The third-order valence-electron chi connectivity index (χ3n) is 3.90. The van der Waals surface area contributed by atoms with Crippen molar-refractivity contribution in [2.75, 3.05) is 0 Å². The first-order valence-electron chi connectivity index (χ1n) is 7.50. The maximum Gasteiger partial charge on any atom is 0.227 e. The molecule has 0 radical (unpaired) electrons. The van der Waals surface area contributed by atoms with E-state index in [0.29, 0.717) is 18.0 Å². The van der Waals surface area contributed by atoms with Crippen LogP contribution in [0.15, 0.2) is 59.6 Å². The third kappa shape index (κ3) is 2.58. The maximum atomic E-state index is 12.3. The van der Waals surface area contributed by atoms with E-state index in [0.717, 1.165) is 22.0 Å². The van der Waals surface area contributed by atoms with Gasteiger partial charge in [0.1, 0.15) is 12.0 Å². The standard InChI is InChI=1S/C18H14N4O2/c1-22-16(4-5-21-22)17(23)9-12-2-3-13-10-14(11-20-15(13)8-12)18-19-6-7-24-18/h2-8,10-11H,9H2,1H3. The molecule has 1 aromatic carbocycles. The van der Waals surface area contributed by atoms with Crippen molar-refractivity contribution in [3.63, 3.8) is 0 Å². The van der Waals surface area contributed by atoms with Gasteiger partial charge in [0.2, 0.25) is 5.89 Å². The predicted molar refractivity (Wildman–Crippen MR) is 88.5 cm³/mol. The number of ketones is 1. The normalized spacial score (nSPS) is 11.0. The molecule has 0 unspecified atom stereocenters. The fraction of sp³-hybridized carbons (Fsp3) is 0.111. The van der Waals surface area contributed by atoms with Gasteiger partial charge in [0.05, 0.1) is 17.3 Å². The zero-order valence-corrected chi connectivity index (χ0v) is 13.0. The fourth-order valence-electron chi connectivity index (χ4n) is 2.68. The van der Waals surface area contributed by atoms with E-state index < -0.39 is 0 Å². The second-order valence-corrected chi connectivity index (χ2v) is 5.53. The molecule has 0 bridgehead atoms. The van der Waals surface area contributed by atoms with Gasteiger partial charge in [0.15, 0.2) is 5.78 Å². The van der Waals surface area contributed by atoms with Crippen molar-refractivity contribution in [2.24, 2.45) is 7.05 Å². The van der Waals surface area contributed by atoms with Gasteiger partial charge < -0.3 is 4.42 Å². The van der Waals surface area contributed by atoms with Crippen LogP contribution < -0.4 is 0 Å². The molecule has 0 saturated heterocycles. The summed E-state index contributed by atoms with van der Waals surface area (Å²) in [5.41, 5.74) is 3.18. The minimum atomic E-state index is 0.0331. The van der Waals surface area contributed by atoms with Gasteiger partial charge in [0, 0.05) is 31.2 Å². The molecule has 0 N–H and O–H groups in total. The average Bonchev–Trinajstić information content (AvgIpc) is 3.26. The summed E-state index contributed by atoms with van der Waals surface area (Å²) in [6.45, 7) is 0. The van der Waals surface area contributed by atoms with Gasteiger partial charge in [-0.2, -0.15) is 5.10 Å². The number of aromatic nitrogens is 4. The molecule has 24 heavy (non-hydrogen) atoms. The van der Waals surface area contributed by atoms with Crippen molar-refractivity contribution in [2.45, 2.75) is 6.42 Å². The molecule has 6 heteroatoms. The van der Waals surface area contributed by atoms with Crippen LogP contribution >= 0.6 is 0 Å². The lowest BCUT2D eigenvalue weighted by molar-refractivity contribution is 0.0984. The molecule has 4 rings (SSSR count). The first-order valence-corrected chi connectivity index (χ1v) is 7.50. The highest BCUT2D eigenvalue weighted by atomic mass is 16.3. The van der Waals surface area contributed by atoms with Gasteiger partial charge in [0.25, 0.3) is 0 Å². The second-order valence-electron chi connectivity index (χ2n) is 5.53. The lowest BCUT2D eigenvalue weighted by Gasteiger charge is -2.05. The number of Topliss-reactive ketones (excluding diaryl/α,β-unsaturated/α-hetero) is 1. The highest BCUT2D eigenvalue weighted by molar-refractivity contribution is 5.96. The molecule has 0 spiro atoms. The molecule has 0 saturated carbocycles. The lowest BCUT2D eigenvalue weighted by Crippen LogP contribution is -2.09. The first kappa shape index (κ1) is 14.3. The Morgan fingerprint density at radius 2 is 2.08 bits per heavy atom. The van der Waals surface area contributed by atoms with Gasteiger partial charge in [-0.15, -0.1) is 0 Å². The quantitative estimate of drug-likeness (QED) is 0.541. The van der Waals surface area contributed by atoms with Crippen molar-refractivity contribution >= 4 is 16.7 Å². The smallest absolute Gasteiger partial charge is 0.227 e. The molecule has 3 aromatic heterocycles. The molecular formula is C18H14N4O2. The van der Waals surface area contributed by atoms with Gasteiger partial charge in [-0.25, -0.2) is 4.98 Å². The van der Waals surface area contributed by atoms with Gasteiger partial charge in [-0.1, -0.05) is 12.1 Å². The molecule has 0 amide bonds. The van der Waals surface area contributed by atoms with Crippen molar-refractivity contribution in [3.05, 3.63) is 66.4 Å². The summed E-state index contributed by atoms with van der Waals surface area (Å²) < 4.78 is 6.88. The minimum absolute atomic E-state index is 0.0331. The number of hydrogen-bond acceptors (Lipinski definition) is 5.